The molecule has 1 aromatic heterocycles. The lowest BCUT2D eigenvalue weighted by atomic mass is 10.2. The van der Waals surface area contributed by atoms with Crippen LogP contribution in [-0.4, -0.2) is 24.6 Å². The van der Waals surface area contributed by atoms with Crippen LogP contribution in [-0.2, 0) is 13.0 Å². The van der Waals surface area contributed by atoms with Crippen molar-refractivity contribution in [2.24, 2.45) is 11.8 Å². The van der Waals surface area contributed by atoms with E-state index < -0.39 is 0 Å². The Balaban J connectivity index is 2.81. The Morgan fingerprint density at radius 2 is 1.86 bits per heavy atom. The lowest BCUT2D eigenvalue weighted by molar-refractivity contribution is 0.553. The summed E-state index contributed by atoms with van der Waals surface area (Å²) in [6.45, 7) is 17.7. The predicted molar refractivity (Wildman–Crippen MR) is 95.4 cm³/mol. The van der Waals surface area contributed by atoms with Crippen molar-refractivity contribution < 1.29 is 0 Å². The van der Waals surface area contributed by atoms with E-state index in [2.05, 4.69) is 51.8 Å². The van der Waals surface area contributed by atoms with Gasteiger partial charge < -0.3 is 10.2 Å². The van der Waals surface area contributed by atoms with E-state index in [9.17, 15) is 0 Å². The minimum Gasteiger partial charge on any atom is -0.348 e. The Bertz CT molecular complexity index is 399. The summed E-state index contributed by atoms with van der Waals surface area (Å²) in [5, 5.41) is 4.77. The van der Waals surface area contributed by atoms with Gasteiger partial charge in [0.1, 0.15) is 0 Å². The van der Waals surface area contributed by atoms with Gasteiger partial charge in [0.2, 0.25) is 0 Å². The van der Waals surface area contributed by atoms with Crippen LogP contribution in [0.4, 0.5) is 5.13 Å². The summed E-state index contributed by atoms with van der Waals surface area (Å²) in [7, 11) is 0. The van der Waals surface area contributed by atoms with Crippen LogP contribution in [0.3, 0.4) is 0 Å². The van der Waals surface area contributed by atoms with Crippen molar-refractivity contribution >= 4 is 16.5 Å². The second kappa shape index (κ2) is 9.42. The Morgan fingerprint density at radius 3 is 2.38 bits per heavy atom. The predicted octanol–water partition coefficient (Wildman–Crippen LogP) is 4.32. The monoisotopic (exact) mass is 311 g/mol. The maximum absolute atomic E-state index is 4.93. The maximum Gasteiger partial charge on any atom is 0.185 e. The van der Waals surface area contributed by atoms with Crippen molar-refractivity contribution in [3.8, 4) is 0 Å². The van der Waals surface area contributed by atoms with E-state index in [4.69, 9.17) is 4.98 Å². The normalized spacial score (nSPS) is 11.6. The SMILES string of the molecule is CCCc1nc(N(CC)CC(C)C)sc1CNCC(C)C. The fourth-order valence-corrected chi connectivity index (χ4v) is 3.48. The van der Waals surface area contributed by atoms with Crippen molar-refractivity contribution in [2.45, 2.75) is 60.9 Å². The molecule has 0 amide bonds. The van der Waals surface area contributed by atoms with Crippen LogP contribution in [0.2, 0.25) is 0 Å². The summed E-state index contributed by atoms with van der Waals surface area (Å²) >= 11 is 1.88. The van der Waals surface area contributed by atoms with E-state index in [1.165, 1.54) is 15.7 Å². The summed E-state index contributed by atoms with van der Waals surface area (Å²) in [5.74, 6) is 1.37. The fourth-order valence-electron chi connectivity index (χ4n) is 2.33. The highest BCUT2D eigenvalue weighted by Gasteiger charge is 2.15. The van der Waals surface area contributed by atoms with E-state index in [0.29, 0.717) is 11.8 Å². The summed E-state index contributed by atoms with van der Waals surface area (Å²) in [4.78, 5) is 8.77. The third-order valence-corrected chi connectivity index (χ3v) is 4.49. The Hall–Kier alpha value is -0.610. The van der Waals surface area contributed by atoms with Crippen LogP contribution in [0, 0.1) is 11.8 Å². The van der Waals surface area contributed by atoms with Crippen LogP contribution >= 0.6 is 11.3 Å². The molecule has 4 heteroatoms. The number of nitrogens with one attached hydrogen (secondary N) is 1. The van der Waals surface area contributed by atoms with Crippen molar-refractivity contribution in [2.75, 3.05) is 24.5 Å². The molecule has 0 saturated heterocycles. The minimum absolute atomic E-state index is 0.672. The molecule has 0 radical (unpaired) electrons. The Labute approximate surface area is 135 Å². The first-order chi connectivity index (χ1) is 9.97. The minimum atomic E-state index is 0.672. The van der Waals surface area contributed by atoms with Gasteiger partial charge in [0.05, 0.1) is 5.69 Å². The van der Waals surface area contributed by atoms with Crippen molar-refractivity contribution in [3.63, 3.8) is 0 Å². The number of hydrogen-bond acceptors (Lipinski definition) is 4. The van der Waals surface area contributed by atoms with E-state index in [1.54, 1.807) is 0 Å². The lowest BCUT2D eigenvalue weighted by Gasteiger charge is -2.21. The quantitative estimate of drug-likeness (QED) is 0.697. The van der Waals surface area contributed by atoms with Gasteiger partial charge in [-0.15, -0.1) is 11.3 Å². The van der Waals surface area contributed by atoms with Gasteiger partial charge in [0, 0.05) is 24.5 Å². The van der Waals surface area contributed by atoms with Gasteiger partial charge in [-0.05, 0) is 31.7 Å². The molecule has 0 unspecified atom stereocenters. The second-order valence-corrected chi connectivity index (χ2v) is 7.64. The van der Waals surface area contributed by atoms with Crippen LogP contribution in [0.1, 0.15) is 58.5 Å². The fraction of sp³-hybridized carbons (Fsp3) is 0.824. The van der Waals surface area contributed by atoms with Gasteiger partial charge in [-0.2, -0.15) is 0 Å². The van der Waals surface area contributed by atoms with Gasteiger partial charge in [0.25, 0.3) is 0 Å². The van der Waals surface area contributed by atoms with Gasteiger partial charge in [-0.25, -0.2) is 4.98 Å². The highest BCUT2D eigenvalue weighted by Crippen LogP contribution is 2.28. The first-order valence-electron chi connectivity index (χ1n) is 8.42. The average Bonchev–Trinajstić information content (AvgIpc) is 2.79. The first-order valence-corrected chi connectivity index (χ1v) is 9.23. The van der Waals surface area contributed by atoms with Gasteiger partial charge in [0.15, 0.2) is 5.13 Å². The van der Waals surface area contributed by atoms with Gasteiger partial charge in [-0.3, -0.25) is 0 Å². The molecule has 1 rings (SSSR count). The number of nitrogens with zero attached hydrogens (tertiary/aromatic N) is 2. The maximum atomic E-state index is 4.93. The molecular weight excluding hydrogens is 278 g/mol. The number of thiazole rings is 1. The number of aryl methyl sites for hydroxylation is 1. The van der Waals surface area contributed by atoms with Crippen LogP contribution in [0.15, 0.2) is 0 Å². The number of hydrogen-bond donors (Lipinski definition) is 1. The highest BCUT2D eigenvalue weighted by molar-refractivity contribution is 7.15. The first kappa shape index (κ1) is 18.4. The number of aromatic nitrogens is 1. The van der Waals surface area contributed by atoms with E-state index in [1.807, 2.05) is 11.3 Å². The zero-order valence-corrected chi connectivity index (χ0v) is 15.5. The van der Waals surface area contributed by atoms with Crippen molar-refractivity contribution in [3.05, 3.63) is 10.6 Å². The molecule has 0 aliphatic carbocycles. The average molecular weight is 312 g/mol. The molecule has 0 aliphatic heterocycles. The molecule has 3 nitrogen and oxygen atoms in total. The summed E-state index contributed by atoms with van der Waals surface area (Å²) in [6, 6.07) is 0. The lowest BCUT2D eigenvalue weighted by Crippen LogP contribution is -2.27. The summed E-state index contributed by atoms with van der Waals surface area (Å²) in [6.07, 6.45) is 2.26. The second-order valence-electron chi connectivity index (χ2n) is 6.57. The molecule has 0 bridgehead atoms. The highest BCUT2D eigenvalue weighted by atomic mass is 32.1. The molecule has 122 valence electrons. The molecule has 21 heavy (non-hydrogen) atoms. The van der Waals surface area contributed by atoms with Gasteiger partial charge in [-0.1, -0.05) is 41.0 Å². The molecular formula is C17H33N3S. The van der Waals surface area contributed by atoms with Crippen LogP contribution < -0.4 is 10.2 Å². The van der Waals surface area contributed by atoms with E-state index >= 15 is 0 Å². The van der Waals surface area contributed by atoms with Gasteiger partial charge >= 0.3 is 0 Å². The third-order valence-electron chi connectivity index (χ3n) is 3.33. The molecule has 0 saturated carbocycles. The van der Waals surface area contributed by atoms with E-state index in [0.717, 1.165) is 39.0 Å². The molecule has 1 aromatic rings. The summed E-state index contributed by atoms with van der Waals surface area (Å²) in [5.41, 5.74) is 1.30. The Morgan fingerprint density at radius 1 is 1.14 bits per heavy atom. The van der Waals surface area contributed by atoms with Crippen molar-refractivity contribution in [1.82, 2.24) is 10.3 Å². The van der Waals surface area contributed by atoms with E-state index in [-0.39, 0.29) is 0 Å². The molecule has 0 atom stereocenters. The molecule has 0 fully saturated rings. The van der Waals surface area contributed by atoms with Crippen LogP contribution in [0.25, 0.3) is 0 Å². The van der Waals surface area contributed by atoms with Crippen LogP contribution in [0.5, 0.6) is 0 Å². The molecule has 0 spiro atoms. The molecule has 0 aliphatic rings. The molecule has 1 heterocycles. The largest absolute Gasteiger partial charge is 0.348 e. The third kappa shape index (κ3) is 6.35. The van der Waals surface area contributed by atoms with Crippen molar-refractivity contribution in [1.29, 1.82) is 0 Å². The standard InChI is InChI=1S/C17H33N3S/c1-7-9-15-16(11-18-10-13(3)4)21-17(19-15)20(8-2)12-14(5)6/h13-14,18H,7-12H2,1-6H3. The molecule has 0 aromatic carbocycles. The topological polar surface area (TPSA) is 28.2 Å². The Kier molecular flexibility index (Phi) is 8.27. The zero-order chi connectivity index (χ0) is 15.8. The molecule has 1 N–H and O–H groups in total. The smallest absolute Gasteiger partial charge is 0.185 e. The number of anilines is 1. The number of rotatable bonds is 10. The zero-order valence-electron chi connectivity index (χ0n) is 14.7. The summed E-state index contributed by atoms with van der Waals surface area (Å²) < 4.78 is 0.